The maximum Gasteiger partial charge on any atom is 0.147 e. The van der Waals surface area contributed by atoms with Crippen LogP contribution in [0.3, 0.4) is 0 Å². The summed E-state index contributed by atoms with van der Waals surface area (Å²) in [6, 6.07) is 9.65. The van der Waals surface area contributed by atoms with E-state index < -0.39 is 0 Å². The number of hydrogen-bond acceptors (Lipinski definition) is 3. The van der Waals surface area contributed by atoms with Crippen molar-refractivity contribution in [2.45, 2.75) is 13.8 Å². The molecule has 2 rings (SSSR count). The van der Waals surface area contributed by atoms with Gasteiger partial charge in [-0.1, -0.05) is 6.07 Å². The summed E-state index contributed by atoms with van der Waals surface area (Å²) in [4.78, 5) is 4.53. The van der Waals surface area contributed by atoms with Crippen molar-refractivity contribution in [2.24, 2.45) is 4.99 Å². The fourth-order valence-electron chi connectivity index (χ4n) is 1.61. The first-order valence-electron chi connectivity index (χ1n) is 5.44. The highest BCUT2D eigenvalue weighted by Gasteiger charge is 2.05. The monoisotopic (exact) mass is 229 g/mol. The normalized spacial score (nSPS) is 11.6. The number of ether oxygens (including phenoxy) is 1. The number of aryl methyl sites for hydroxylation is 1. The molecule has 0 saturated heterocycles. The van der Waals surface area contributed by atoms with E-state index in [0.717, 1.165) is 28.5 Å². The third-order valence-electron chi connectivity index (χ3n) is 2.50. The minimum Gasteiger partial charge on any atom is -0.494 e. The van der Waals surface area contributed by atoms with Gasteiger partial charge in [0.05, 0.1) is 19.1 Å². The summed E-state index contributed by atoms with van der Waals surface area (Å²) in [7, 11) is 1.64. The van der Waals surface area contributed by atoms with Crippen LogP contribution < -0.4 is 4.74 Å². The summed E-state index contributed by atoms with van der Waals surface area (Å²) in [6.07, 6.45) is 1.64. The van der Waals surface area contributed by atoms with Crippen molar-refractivity contribution >= 4 is 11.4 Å². The van der Waals surface area contributed by atoms with E-state index >= 15 is 0 Å². The Morgan fingerprint density at radius 2 is 2.12 bits per heavy atom. The summed E-state index contributed by atoms with van der Waals surface area (Å²) in [5.74, 6) is 1.54. The quantitative estimate of drug-likeness (QED) is 0.751. The van der Waals surface area contributed by atoms with Gasteiger partial charge in [0.1, 0.15) is 17.2 Å². The minimum absolute atomic E-state index is 0.765. The van der Waals surface area contributed by atoms with Crippen LogP contribution in [0.2, 0.25) is 0 Å². The van der Waals surface area contributed by atoms with E-state index in [4.69, 9.17) is 9.15 Å². The zero-order valence-electron chi connectivity index (χ0n) is 10.2. The summed E-state index contributed by atoms with van der Waals surface area (Å²) in [6.45, 7) is 3.95. The molecule has 2 aromatic rings. The van der Waals surface area contributed by atoms with Crippen LogP contribution in [0.1, 0.15) is 18.2 Å². The highest BCUT2D eigenvalue weighted by atomic mass is 16.5. The van der Waals surface area contributed by atoms with Gasteiger partial charge in [-0.15, -0.1) is 0 Å². The highest BCUT2D eigenvalue weighted by Crippen LogP contribution is 2.28. The molecule has 1 aromatic carbocycles. The Morgan fingerprint density at radius 3 is 2.76 bits per heavy atom. The largest absolute Gasteiger partial charge is 0.494 e. The Kier molecular flexibility index (Phi) is 3.28. The van der Waals surface area contributed by atoms with Gasteiger partial charge in [-0.3, -0.25) is 0 Å². The van der Waals surface area contributed by atoms with E-state index in [1.54, 1.807) is 13.4 Å². The molecule has 0 radical (unpaired) electrons. The standard InChI is InChI=1S/C14H15NO2/c1-10-6-7-14(16-3)12(9-10)15-11(2)13-5-4-8-17-13/h4-9H,1-3H3. The van der Waals surface area contributed by atoms with Crippen LogP contribution in [0, 0.1) is 6.92 Å². The highest BCUT2D eigenvalue weighted by molar-refractivity contribution is 5.98. The first kappa shape index (κ1) is 11.5. The Balaban J connectivity index is 2.41. The van der Waals surface area contributed by atoms with Gasteiger partial charge in [-0.05, 0) is 43.7 Å². The molecule has 0 aliphatic carbocycles. The van der Waals surface area contributed by atoms with Crippen molar-refractivity contribution in [1.29, 1.82) is 0 Å². The number of furan rings is 1. The second-order valence-corrected chi connectivity index (χ2v) is 3.85. The van der Waals surface area contributed by atoms with Gasteiger partial charge >= 0.3 is 0 Å². The maximum absolute atomic E-state index is 5.30. The fourth-order valence-corrected chi connectivity index (χ4v) is 1.61. The van der Waals surface area contributed by atoms with E-state index in [-0.39, 0.29) is 0 Å². The van der Waals surface area contributed by atoms with Gasteiger partial charge in [0, 0.05) is 0 Å². The molecule has 17 heavy (non-hydrogen) atoms. The summed E-state index contributed by atoms with van der Waals surface area (Å²) in [5.41, 5.74) is 2.80. The van der Waals surface area contributed by atoms with Crippen molar-refractivity contribution in [3.63, 3.8) is 0 Å². The summed E-state index contributed by atoms with van der Waals surface area (Å²) >= 11 is 0. The number of methoxy groups -OCH3 is 1. The molecule has 3 nitrogen and oxygen atoms in total. The molecule has 0 spiro atoms. The molecule has 88 valence electrons. The lowest BCUT2D eigenvalue weighted by Gasteiger charge is -2.06. The molecule has 0 fully saturated rings. The molecule has 3 heteroatoms. The van der Waals surface area contributed by atoms with Gasteiger partial charge in [0.15, 0.2) is 0 Å². The molecule has 0 amide bonds. The topological polar surface area (TPSA) is 34.7 Å². The molecular formula is C14H15NO2. The number of aliphatic imine (C=N–C) groups is 1. The van der Waals surface area contributed by atoms with Gasteiger partial charge in [0.25, 0.3) is 0 Å². The van der Waals surface area contributed by atoms with Crippen LogP contribution in [0.15, 0.2) is 46.0 Å². The fraction of sp³-hybridized carbons (Fsp3) is 0.214. The SMILES string of the molecule is COc1ccc(C)cc1N=C(C)c1ccco1. The molecule has 0 aliphatic rings. The predicted octanol–water partition coefficient (Wildman–Crippen LogP) is 3.74. The second kappa shape index (κ2) is 4.87. The zero-order chi connectivity index (χ0) is 12.3. The van der Waals surface area contributed by atoms with Crippen LogP contribution in [0.4, 0.5) is 5.69 Å². The van der Waals surface area contributed by atoms with Crippen LogP contribution in [0.25, 0.3) is 0 Å². The van der Waals surface area contributed by atoms with Gasteiger partial charge in [-0.25, -0.2) is 4.99 Å². The summed E-state index contributed by atoms with van der Waals surface area (Å²) < 4.78 is 10.6. The van der Waals surface area contributed by atoms with E-state index in [2.05, 4.69) is 4.99 Å². The van der Waals surface area contributed by atoms with Crippen LogP contribution >= 0.6 is 0 Å². The number of benzene rings is 1. The lowest BCUT2D eigenvalue weighted by molar-refractivity contribution is 0.416. The van der Waals surface area contributed by atoms with E-state index in [1.165, 1.54) is 0 Å². The van der Waals surface area contributed by atoms with E-state index in [1.807, 2.05) is 44.2 Å². The minimum atomic E-state index is 0.765. The van der Waals surface area contributed by atoms with Crippen molar-refractivity contribution < 1.29 is 9.15 Å². The first-order valence-corrected chi connectivity index (χ1v) is 5.44. The molecule has 0 saturated carbocycles. The Labute approximate surface area is 101 Å². The molecule has 0 N–H and O–H groups in total. The smallest absolute Gasteiger partial charge is 0.147 e. The third kappa shape index (κ3) is 2.56. The number of rotatable bonds is 3. The average molecular weight is 229 g/mol. The predicted molar refractivity (Wildman–Crippen MR) is 68.3 cm³/mol. The van der Waals surface area contributed by atoms with Crippen molar-refractivity contribution in [2.75, 3.05) is 7.11 Å². The summed E-state index contributed by atoms with van der Waals surface area (Å²) in [5, 5.41) is 0. The van der Waals surface area contributed by atoms with Crippen LogP contribution in [0.5, 0.6) is 5.75 Å². The van der Waals surface area contributed by atoms with E-state index in [9.17, 15) is 0 Å². The van der Waals surface area contributed by atoms with Crippen LogP contribution in [-0.4, -0.2) is 12.8 Å². The van der Waals surface area contributed by atoms with Crippen molar-refractivity contribution in [3.8, 4) is 5.75 Å². The molecule has 0 aliphatic heterocycles. The number of nitrogens with zero attached hydrogens (tertiary/aromatic N) is 1. The molecule has 1 aromatic heterocycles. The van der Waals surface area contributed by atoms with Crippen molar-refractivity contribution in [1.82, 2.24) is 0 Å². The van der Waals surface area contributed by atoms with Gasteiger partial charge in [0.2, 0.25) is 0 Å². The lowest BCUT2D eigenvalue weighted by atomic mass is 10.2. The van der Waals surface area contributed by atoms with Crippen molar-refractivity contribution in [3.05, 3.63) is 47.9 Å². The van der Waals surface area contributed by atoms with Gasteiger partial charge < -0.3 is 9.15 Å². The Hall–Kier alpha value is -2.03. The molecule has 1 heterocycles. The Bertz CT molecular complexity index is 527. The maximum atomic E-state index is 5.30. The van der Waals surface area contributed by atoms with Crippen LogP contribution in [-0.2, 0) is 0 Å². The molecule has 0 atom stereocenters. The zero-order valence-corrected chi connectivity index (χ0v) is 10.2. The van der Waals surface area contributed by atoms with Gasteiger partial charge in [-0.2, -0.15) is 0 Å². The molecule has 0 unspecified atom stereocenters. The third-order valence-corrected chi connectivity index (χ3v) is 2.50. The van der Waals surface area contributed by atoms with E-state index in [0.29, 0.717) is 0 Å². The average Bonchev–Trinajstić information content (AvgIpc) is 2.83. The first-order chi connectivity index (χ1) is 8.20. The molecule has 0 bridgehead atoms. The lowest BCUT2D eigenvalue weighted by Crippen LogP contribution is -1.92. The Morgan fingerprint density at radius 1 is 1.29 bits per heavy atom. The second-order valence-electron chi connectivity index (χ2n) is 3.85. The molecular weight excluding hydrogens is 214 g/mol. The number of hydrogen-bond donors (Lipinski definition) is 0.